The average molecular weight is 263 g/mol. The van der Waals surface area contributed by atoms with E-state index in [1.807, 2.05) is 0 Å². The van der Waals surface area contributed by atoms with Gasteiger partial charge < -0.3 is 4.90 Å². The van der Waals surface area contributed by atoms with Crippen molar-refractivity contribution in [2.24, 2.45) is 0 Å². The first kappa shape index (κ1) is 13.5. The highest BCUT2D eigenvalue weighted by Crippen LogP contribution is 2.33. The maximum Gasteiger partial charge on any atom is 0.314 e. The van der Waals surface area contributed by atoms with Crippen molar-refractivity contribution < 1.29 is 9.72 Å². The molecule has 0 saturated carbocycles. The number of aromatic nitrogens is 1. The minimum Gasteiger partial charge on any atom is -0.341 e. The summed E-state index contributed by atoms with van der Waals surface area (Å²) in [5, 5.41) is 11.2. The van der Waals surface area contributed by atoms with Gasteiger partial charge in [-0.2, -0.15) is 0 Å². The molecular formula is C13H17N3O3. The van der Waals surface area contributed by atoms with E-state index in [1.54, 1.807) is 24.1 Å². The van der Waals surface area contributed by atoms with Crippen LogP contribution in [0.2, 0.25) is 0 Å². The van der Waals surface area contributed by atoms with Crippen LogP contribution in [-0.2, 0) is 4.79 Å². The van der Waals surface area contributed by atoms with Gasteiger partial charge in [-0.25, -0.2) is 4.98 Å². The number of hydrogen-bond acceptors (Lipinski definition) is 5. The lowest BCUT2D eigenvalue weighted by Crippen LogP contribution is -2.44. The van der Waals surface area contributed by atoms with Crippen LogP contribution < -0.4 is 4.90 Å². The predicted octanol–water partition coefficient (Wildman–Crippen LogP) is 2.25. The molecule has 2 rings (SSSR count). The fourth-order valence-electron chi connectivity index (χ4n) is 2.58. The number of aryl methyl sites for hydroxylation is 1. The number of pyridine rings is 1. The summed E-state index contributed by atoms with van der Waals surface area (Å²) in [4.78, 5) is 28.4. The minimum atomic E-state index is -0.413. The Hall–Kier alpha value is -1.98. The molecule has 0 radical (unpaired) electrons. The summed E-state index contributed by atoms with van der Waals surface area (Å²) in [5.74, 6) is 0.363. The Morgan fingerprint density at radius 3 is 2.89 bits per heavy atom. The van der Waals surface area contributed by atoms with Gasteiger partial charge in [0.1, 0.15) is 0 Å². The van der Waals surface area contributed by atoms with Gasteiger partial charge in [0, 0.05) is 18.3 Å². The second kappa shape index (κ2) is 5.34. The SMILES string of the molecule is CC(=O)C1CCCCN1c1nccc(C)c1[N+](=O)[O-]. The number of ketones is 1. The molecule has 1 atom stereocenters. The van der Waals surface area contributed by atoms with Crippen molar-refractivity contribution >= 4 is 17.3 Å². The third kappa shape index (κ3) is 2.57. The first-order valence-corrected chi connectivity index (χ1v) is 6.39. The number of nitro groups is 1. The molecule has 1 aromatic rings. The number of rotatable bonds is 3. The highest BCUT2D eigenvalue weighted by molar-refractivity contribution is 5.85. The second-order valence-corrected chi connectivity index (χ2v) is 4.87. The van der Waals surface area contributed by atoms with Crippen LogP contribution in [-0.4, -0.2) is 28.3 Å². The number of hydrogen-bond donors (Lipinski definition) is 0. The lowest BCUT2D eigenvalue weighted by molar-refractivity contribution is -0.384. The molecule has 1 saturated heterocycles. The van der Waals surface area contributed by atoms with Crippen LogP contribution in [0.1, 0.15) is 31.7 Å². The summed E-state index contributed by atoms with van der Waals surface area (Å²) in [6.07, 6.45) is 4.20. The van der Waals surface area contributed by atoms with Crippen molar-refractivity contribution in [1.29, 1.82) is 0 Å². The van der Waals surface area contributed by atoms with Crippen LogP contribution in [0.3, 0.4) is 0 Å². The van der Waals surface area contributed by atoms with E-state index in [0.29, 0.717) is 17.9 Å². The molecule has 0 bridgehead atoms. The quantitative estimate of drug-likeness (QED) is 0.617. The van der Waals surface area contributed by atoms with E-state index >= 15 is 0 Å². The molecule has 0 amide bonds. The first-order chi connectivity index (χ1) is 9.02. The van der Waals surface area contributed by atoms with E-state index in [-0.39, 0.29) is 17.5 Å². The van der Waals surface area contributed by atoms with Crippen LogP contribution in [0.15, 0.2) is 12.3 Å². The fraction of sp³-hybridized carbons (Fsp3) is 0.538. The summed E-state index contributed by atoms with van der Waals surface area (Å²) in [7, 11) is 0. The van der Waals surface area contributed by atoms with Crippen LogP contribution in [0.5, 0.6) is 0 Å². The molecule has 102 valence electrons. The van der Waals surface area contributed by atoms with E-state index < -0.39 is 4.92 Å². The van der Waals surface area contributed by atoms with E-state index in [0.717, 1.165) is 19.3 Å². The van der Waals surface area contributed by atoms with Crippen molar-refractivity contribution in [3.8, 4) is 0 Å². The summed E-state index contributed by atoms with van der Waals surface area (Å²) in [6.45, 7) is 3.86. The Kier molecular flexibility index (Phi) is 3.78. The number of nitrogens with zero attached hydrogens (tertiary/aromatic N) is 3. The monoisotopic (exact) mass is 263 g/mol. The van der Waals surface area contributed by atoms with Gasteiger partial charge in [0.05, 0.1) is 11.0 Å². The standard InChI is InChI=1S/C13H17N3O3/c1-9-6-7-14-13(12(9)16(18)19)15-8-4-3-5-11(15)10(2)17/h6-7,11H,3-5,8H2,1-2H3. The third-order valence-electron chi connectivity index (χ3n) is 3.53. The van der Waals surface area contributed by atoms with Crippen molar-refractivity contribution in [2.45, 2.75) is 39.2 Å². The molecule has 1 aliphatic rings. The van der Waals surface area contributed by atoms with Gasteiger partial charge >= 0.3 is 5.69 Å². The maximum atomic E-state index is 11.7. The summed E-state index contributed by atoms with van der Waals surface area (Å²) in [5.41, 5.74) is 0.582. The van der Waals surface area contributed by atoms with Gasteiger partial charge in [0.15, 0.2) is 5.78 Å². The van der Waals surface area contributed by atoms with E-state index in [9.17, 15) is 14.9 Å². The molecule has 6 heteroatoms. The molecule has 1 aliphatic heterocycles. The third-order valence-corrected chi connectivity index (χ3v) is 3.53. The van der Waals surface area contributed by atoms with E-state index in [1.165, 1.54) is 6.92 Å². The van der Waals surface area contributed by atoms with Gasteiger partial charge in [-0.05, 0) is 39.2 Å². The zero-order chi connectivity index (χ0) is 14.0. The molecule has 1 aromatic heterocycles. The van der Waals surface area contributed by atoms with Crippen LogP contribution in [0.25, 0.3) is 0 Å². The van der Waals surface area contributed by atoms with Crippen molar-refractivity contribution in [3.63, 3.8) is 0 Å². The van der Waals surface area contributed by atoms with Crippen molar-refractivity contribution in [1.82, 2.24) is 4.98 Å². The Morgan fingerprint density at radius 2 is 2.26 bits per heavy atom. The van der Waals surface area contributed by atoms with E-state index in [2.05, 4.69) is 4.98 Å². The van der Waals surface area contributed by atoms with Crippen LogP contribution >= 0.6 is 0 Å². The Labute approximate surface area is 111 Å². The lowest BCUT2D eigenvalue weighted by atomic mass is 9.98. The molecule has 19 heavy (non-hydrogen) atoms. The highest BCUT2D eigenvalue weighted by Gasteiger charge is 2.32. The zero-order valence-electron chi connectivity index (χ0n) is 11.1. The highest BCUT2D eigenvalue weighted by atomic mass is 16.6. The van der Waals surface area contributed by atoms with Gasteiger partial charge in [0.25, 0.3) is 0 Å². The molecule has 1 fully saturated rings. The van der Waals surface area contributed by atoms with Gasteiger partial charge in [-0.3, -0.25) is 14.9 Å². The van der Waals surface area contributed by atoms with E-state index in [4.69, 9.17) is 0 Å². The van der Waals surface area contributed by atoms with Crippen molar-refractivity contribution in [2.75, 3.05) is 11.4 Å². The molecule has 1 unspecified atom stereocenters. The second-order valence-electron chi connectivity index (χ2n) is 4.87. The smallest absolute Gasteiger partial charge is 0.314 e. The lowest BCUT2D eigenvalue weighted by Gasteiger charge is -2.34. The van der Waals surface area contributed by atoms with Gasteiger partial charge in [-0.1, -0.05) is 0 Å². The number of Topliss-reactive ketones (excluding diaryl/α,β-unsaturated/α-hetero) is 1. The first-order valence-electron chi connectivity index (χ1n) is 6.39. The number of carbonyl (C=O) groups is 1. The van der Waals surface area contributed by atoms with Gasteiger partial charge in [-0.15, -0.1) is 0 Å². The minimum absolute atomic E-state index is 0.00986. The van der Waals surface area contributed by atoms with Crippen LogP contribution in [0, 0.1) is 17.0 Å². The molecule has 2 heterocycles. The summed E-state index contributed by atoms with van der Waals surface area (Å²) in [6, 6.07) is 1.33. The average Bonchev–Trinajstić information content (AvgIpc) is 2.37. The topological polar surface area (TPSA) is 76.3 Å². The Morgan fingerprint density at radius 1 is 1.53 bits per heavy atom. The number of piperidine rings is 1. The molecule has 6 nitrogen and oxygen atoms in total. The largest absolute Gasteiger partial charge is 0.341 e. The molecular weight excluding hydrogens is 246 g/mol. The van der Waals surface area contributed by atoms with Gasteiger partial charge in [0.2, 0.25) is 5.82 Å². The molecule has 0 spiro atoms. The summed E-state index contributed by atoms with van der Waals surface area (Å²) < 4.78 is 0. The summed E-state index contributed by atoms with van der Waals surface area (Å²) >= 11 is 0. The fourth-order valence-corrected chi connectivity index (χ4v) is 2.58. The van der Waals surface area contributed by atoms with Crippen molar-refractivity contribution in [3.05, 3.63) is 27.9 Å². The Bertz CT molecular complexity index is 516. The molecule has 0 N–H and O–H groups in total. The molecule has 0 aliphatic carbocycles. The number of anilines is 1. The maximum absolute atomic E-state index is 11.7. The normalized spacial score (nSPS) is 19.3. The molecule has 0 aromatic carbocycles. The Balaban J connectivity index is 2.47. The zero-order valence-corrected chi connectivity index (χ0v) is 11.1. The number of carbonyl (C=O) groups excluding carboxylic acids is 1. The van der Waals surface area contributed by atoms with Crippen LogP contribution in [0.4, 0.5) is 11.5 Å². The predicted molar refractivity (Wildman–Crippen MR) is 71.3 cm³/mol.